The van der Waals surface area contributed by atoms with Gasteiger partial charge in [-0.3, -0.25) is 9.48 Å². The summed E-state index contributed by atoms with van der Waals surface area (Å²) in [5.74, 6) is 0.542. The van der Waals surface area contributed by atoms with Gasteiger partial charge in [0.15, 0.2) is 0 Å². The first-order valence-corrected chi connectivity index (χ1v) is 7.31. The monoisotopic (exact) mass is 288 g/mol. The molecule has 0 saturated heterocycles. The predicted octanol–water partition coefficient (Wildman–Crippen LogP) is 1.24. The maximum atomic E-state index is 12.5. The molecule has 2 aromatic rings. The van der Waals surface area contributed by atoms with Gasteiger partial charge in [-0.05, 0) is 25.0 Å². The van der Waals surface area contributed by atoms with Crippen molar-refractivity contribution >= 4 is 5.91 Å². The molecule has 2 N–H and O–H groups in total. The lowest BCUT2D eigenvalue weighted by Gasteiger charge is -2.28. The summed E-state index contributed by atoms with van der Waals surface area (Å²) in [4.78, 5) is 12.5. The Morgan fingerprint density at radius 2 is 2.05 bits per heavy atom. The Morgan fingerprint density at radius 3 is 2.76 bits per heavy atom. The molecule has 1 fully saturated rings. The number of aromatic nitrogens is 3. The van der Waals surface area contributed by atoms with Gasteiger partial charge in [-0.2, -0.15) is 5.10 Å². The van der Waals surface area contributed by atoms with Gasteiger partial charge >= 0.3 is 0 Å². The third-order valence-corrected chi connectivity index (χ3v) is 4.05. The van der Waals surface area contributed by atoms with E-state index in [1.54, 1.807) is 10.9 Å². The highest BCUT2D eigenvalue weighted by atomic mass is 16.3. The summed E-state index contributed by atoms with van der Waals surface area (Å²) in [6, 6.07) is 3.64. The molecule has 0 aliphatic heterocycles. The molecule has 2 unspecified atom stereocenters. The zero-order chi connectivity index (χ0) is 14.8. The van der Waals surface area contributed by atoms with Crippen molar-refractivity contribution in [1.82, 2.24) is 19.7 Å². The molecule has 0 aromatic carbocycles. The van der Waals surface area contributed by atoms with Crippen molar-refractivity contribution in [2.24, 2.45) is 7.05 Å². The van der Waals surface area contributed by atoms with Crippen molar-refractivity contribution in [3.05, 3.63) is 36.3 Å². The number of aliphatic hydroxyl groups is 1. The number of carbonyl (C=O) groups excluding carboxylic acids is 1. The topological polar surface area (TPSA) is 72.1 Å². The summed E-state index contributed by atoms with van der Waals surface area (Å²) < 4.78 is 3.53. The van der Waals surface area contributed by atoms with Gasteiger partial charge in [-0.1, -0.05) is 12.8 Å². The molecule has 6 nitrogen and oxygen atoms in total. The van der Waals surface area contributed by atoms with E-state index in [-0.39, 0.29) is 11.9 Å². The fourth-order valence-electron chi connectivity index (χ4n) is 2.90. The first-order chi connectivity index (χ1) is 10.2. The Hall–Kier alpha value is -2.08. The molecule has 2 aromatic heterocycles. The number of rotatable bonds is 3. The zero-order valence-electron chi connectivity index (χ0n) is 12.1. The van der Waals surface area contributed by atoms with E-state index in [4.69, 9.17) is 0 Å². The van der Waals surface area contributed by atoms with Crippen molar-refractivity contribution < 1.29 is 9.90 Å². The third kappa shape index (κ3) is 2.71. The van der Waals surface area contributed by atoms with Crippen molar-refractivity contribution in [3.8, 4) is 5.82 Å². The van der Waals surface area contributed by atoms with E-state index in [0.717, 1.165) is 31.5 Å². The summed E-state index contributed by atoms with van der Waals surface area (Å²) in [7, 11) is 1.81. The summed E-state index contributed by atoms with van der Waals surface area (Å²) >= 11 is 0. The van der Waals surface area contributed by atoms with Gasteiger partial charge in [-0.25, -0.2) is 0 Å². The maximum absolute atomic E-state index is 12.5. The molecule has 3 rings (SSSR count). The Bertz CT molecular complexity index is 618. The van der Waals surface area contributed by atoms with Crippen LogP contribution in [-0.4, -0.2) is 37.5 Å². The van der Waals surface area contributed by atoms with Crippen LogP contribution in [0.25, 0.3) is 5.82 Å². The molecule has 112 valence electrons. The van der Waals surface area contributed by atoms with Crippen LogP contribution in [0.15, 0.2) is 30.7 Å². The van der Waals surface area contributed by atoms with E-state index in [1.807, 2.05) is 36.1 Å². The molecule has 1 aliphatic rings. The largest absolute Gasteiger partial charge is 0.391 e. The van der Waals surface area contributed by atoms with Crippen LogP contribution in [0.5, 0.6) is 0 Å². The van der Waals surface area contributed by atoms with Gasteiger partial charge < -0.3 is 15.0 Å². The summed E-state index contributed by atoms with van der Waals surface area (Å²) in [6.45, 7) is 0. The molecule has 6 heteroatoms. The Balaban J connectivity index is 1.82. The van der Waals surface area contributed by atoms with Crippen LogP contribution in [0.2, 0.25) is 0 Å². The van der Waals surface area contributed by atoms with E-state index in [2.05, 4.69) is 10.4 Å². The number of carbonyl (C=O) groups is 1. The Labute approximate surface area is 123 Å². The Kier molecular flexibility index (Phi) is 3.79. The van der Waals surface area contributed by atoms with Crippen molar-refractivity contribution in [1.29, 1.82) is 0 Å². The lowest BCUT2D eigenvalue weighted by molar-refractivity contribution is 0.0717. The summed E-state index contributed by atoms with van der Waals surface area (Å²) in [5, 5.41) is 17.1. The summed E-state index contributed by atoms with van der Waals surface area (Å²) in [6.07, 6.45) is 8.52. The number of nitrogens with zero attached hydrogens (tertiary/aromatic N) is 3. The second-order valence-electron chi connectivity index (χ2n) is 5.53. The van der Waals surface area contributed by atoms with Gasteiger partial charge in [0.05, 0.1) is 18.3 Å². The van der Waals surface area contributed by atoms with E-state index >= 15 is 0 Å². The highest BCUT2D eigenvalue weighted by Crippen LogP contribution is 2.20. The van der Waals surface area contributed by atoms with Crippen LogP contribution < -0.4 is 5.32 Å². The molecule has 2 atom stereocenters. The lowest BCUT2D eigenvalue weighted by Crippen LogP contribution is -2.45. The fourth-order valence-corrected chi connectivity index (χ4v) is 2.90. The zero-order valence-corrected chi connectivity index (χ0v) is 12.1. The van der Waals surface area contributed by atoms with E-state index < -0.39 is 6.10 Å². The number of hydrogen-bond acceptors (Lipinski definition) is 3. The van der Waals surface area contributed by atoms with Crippen LogP contribution in [0.4, 0.5) is 0 Å². The average molecular weight is 288 g/mol. The average Bonchev–Trinajstić information content (AvgIpc) is 3.10. The standard InChI is InChI=1S/C15H20N4O2/c1-18-15(19-8-4-5-9-19)11(10-16-18)14(21)17-12-6-2-3-7-13(12)20/h4-5,8-10,12-13,20H,2-3,6-7H2,1H3,(H,17,21). The van der Waals surface area contributed by atoms with Gasteiger partial charge in [0.1, 0.15) is 11.4 Å². The SMILES string of the molecule is Cn1ncc(C(=O)NC2CCCCC2O)c1-n1cccc1. The number of aryl methyl sites for hydroxylation is 1. The number of amides is 1. The van der Waals surface area contributed by atoms with Crippen molar-refractivity contribution in [2.75, 3.05) is 0 Å². The van der Waals surface area contributed by atoms with Crippen LogP contribution in [-0.2, 0) is 7.05 Å². The van der Waals surface area contributed by atoms with E-state index in [9.17, 15) is 9.90 Å². The minimum Gasteiger partial charge on any atom is -0.391 e. The molecule has 0 spiro atoms. The predicted molar refractivity (Wildman–Crippen MR) is 78.3 cm³/mol. The maximum Gasteiger partial charge on any atom is 0.257 e. The lowest BCUT2D eigenvalue weighted by atomic mass is 9.92. The van der Waals surface area contributed by atoms with Crippen molar-refractivity contribution in [3.63, 3.8) is 0 Å². The van der Waals surface area contributed by atoms with Gasteiger partial charge in [0.2, 0.25) is 0 Å². The second-order valence-corrected chi connectivity index (χ2v) is 5.53. The van der Waals surface area contributed by atoms with Crippen LogP contribution in [0.3, 0.4) is 0 Å². The smallest absolute Gasteiger partial charge is 0.257 e. The highest BCUT2D eigenvalue weighted by molar-refractivity contribution is 5.97. The molecular formula is C15H20N4O2. The fraction of sp³-hybridized carbons (Fsp3) is 0.467. The molecule has 1 aliphatic carbocycles. The quantitative estimate of drug-likeness (QED) is 0.892. The highest BCUT2D eigenvalue weighted by Gasteiger charge is 2.26. The molecule has 2 heterocycles. The number of nitrogens with one attached hydrogen (secondary N) is 1. The molecule has 1 amide bonds. The molecule has 0 radical (unpaired) electrons. The van der Waals surface area contributed by atoms with E-state index in [0.29, 0.717) is 5.56 Å². The molecule has 0 bridgehead atoms. The van der Waals surface area contributed by atoms with Crippen LogP contribution >= 0.6 is 0 Å². The van der Waals surface area contributed by atoms with Crippen LogP contribution in [0.1, 0.15) is 36.0 Å². The normalized spacial score (nSPS) is 22.2. The first kappa shape index (κ1) is 13.9. The first-order valence-electron chi connectivity index (χ1n) is 7.31. The number of hydrogen-bond donors (Lipinski definition) is 2. The molecular weight excluding hydrogens is 268 g/mol. The van der Waals surface area contributed by atoms with Crippen LogP contribution in [0, 0.1) is 0 Å². The second kappa shape index (κ2) is 5.73. The summed E-state index contributed by atoms with van der Waals surface area (Å²) in [5.41, 5.74) is 0.520. The third-order valence-electron chi connectivity index (χ3n) is 4.05. The number of aliphatic hydroxyl groups excluding tert-OH is 1. The molecule has 1 saturated carbocycles. The Morgan fingerprint density at radius 1 is 1.33 bits per heavy atom. The minimum absolute atomic E-state index is 0.163. The minimum atomic E-state index is -0.450. The van der Waals surface area contributed by atoms with E-state index in [1.165, 1.54) is 0 Å². The molecule has 21 heavy (non-hydrogen) atoms. The van der Waals surface area contributed by atoms with Gasteiger partial charge in [0.25, 0.3) is 5.91 Å². The van der Waals surface area contributed by atoms with Gasteiger partial charge in [-0.15, -0.1) is 0 Å². The van der Waals surface area contributed by atoms with Gasteiger partial charge in [0, 0.05) is 19.4 Å². The van der Waals surface area contributed by atoms with Crippen molar-refractivity contribution in [2.45, 2.75) is 37.8 Å².